The molecule has 2 heteroatoms. The third kappa shape index (κ3) is 2.96. The van der Waals surface area contributed by atoms with Crippen LogP contribution in [0.5, 0.6) is 0 Å². The summed E-state index contributed by atoms with van der Waals surface area (Å²) in [5, 5.41) is 10.1. The van der Waals surface area contributed by atoms with Crippen LogP contribution < -0.4 is 5.73 Å². The van der Waals surface area contributed by atoms with E-state index in [1.807, 2.05) is 13.8 Å². The Bertz CT molecular complexity index is 183. The lowest BCUT2D eigenvalue weighted by atomic mass is 9.69. The molecule has 84 valence electrons. The fourth-order valence-corrected chi connectivity index (χ4v) is 2.34. The van der Waals surface area contributed by atoms with Crippen molar-refractivity contribution in [2.75, 3.05) is 0 Å². The number of rotatable bonds is 2. The van der Waals surface area contributed by atoms with Crippen molar-refractivity contribution in [3.05, 3.63) is 0 Å². The van der Waals surface area contributed by atoms with E-state index >= 15 is 0 Å². The number of nitrogens with two attached hydrogens (primary N) is 1. The molecule has 1 saturated carbocycles. The van der Waals surface area contributed by atoms with Gasteiger partial charge in [0.2, 0.25) is 0 Å². The minimum atomic E-state index is -0.452. The van der Waals surface area contributed by atoms with E-state index in [0.717, 1.165) is 12.8 Å². The Morgan fingerprint density at radius 3 is 2.07 bits per heavy atom. The second-order valence-electron chi connectivity index (χ2n) is 6.27. The fourth-order valence-electron chi connectivity index (χ4n) is 2.34. The first-order valence-corrected chi connectivity index (χ1v) is 5.69. The largest absolute Gasteiger partial charge is 0.391 e. The van der Waals surface area contributed by atoms with E-state index in [9.17, 15) is 5.11 Å². The molecule has 0 heterocycles. The van der Waals surface area contributed by atoms with E-state index in [-0.39, 0.29) is 6.10 Å². The Balaban J connectivity index is 2.50. The van der Waals surface area contributed by atoms with Gasteiger partial charge in [-0.05, 0) is 50.9 Å². The molecule has 0 aromatic carbocycles. The van der Waals surface area contributed by atoms with E-state index in [1.165, 1.54) is 12.8 Å². The summed E-state index contributed by atoms with van der Waals surface area (Å²) >= 11 is 0. The van der Waals surface area contributed by atoms with Gasteiger partial charge in [-0.15, -0.1) is 0 Å². The van der Waals surface area contributed by atoms with Gasteiger partial charge in [-0.3, -0.25) is 0 Å². The Hall–Kier alpha value is -0.0800. The molecule has 14 heavy (non-hydrogen) atoms. The van der Waals surface area contributed by atoms with Gasteiger partial charge < -0.3 is 10.8 Å². The molecule has 1 aliphatic rings. The minimum absolute atomic E-state index is 0.349. The summed E-state index contributed by atoms with van der Waals surface area (Å²) in [5.41, 5.74) is 5.94. The summed E-state index contributed by atoms with van der Waals surface area (Å²) in [5.74, 6) is 0.406. The highest BCUT2D eigenvalue weighted by molar-refractivity contribution is 4.90. The third-order valence-corrected chi connectivity index (χ3v) is 3.59. The molecule has 0 saturated heterocycles. The summed E-state index contributed by atoms with van der Waals surface area (Å²) in [4.78, 5) is 0. The molecule has 1 atom stereocenters. The van der Waals surface area contributed by atoms with Crippen LogP contribution in [0, 0.1) is 11.3 Å². The van der Waals surface area contributed by atoms with Crippen molar-refractivity contribution in [3.63, 3.8) is 0 Å². The number of hydrogen-bond acceptors (Lipinski definition) is 2. The lowest BCUT2D eigenvalue weighted by Gasteiger charge is -2.40. The topological polar surface area (TPSA) is 46.2 Å². The molecule has 3 N–H and O–H groups in total. The molecule has 0 aliphatic heterocycles. The van der Waals surface area contributed by atoms with Gasteiger partial charge in [-0.2, -0.15) is 0 Å². The van der Waals surface area contributed by atoms with Crippen LogP contribution in [-0.4, -0.2) is 16.7 Å². The number of hydrogen-bond donors (Lipinski definition) is 2. The maximum Gasteiger partial charge on any atom is 0.0742 e. The van der Waals surface area contributed by atoms with Crippen molar-refractivity contribution in [2.45, 2.75) is 65.0 Å². The standard InChI is InChI=1S/C12H25NO/c1-11(2)7-5-9(6-8-11)10(14)12(3,4)13/h9-10,14H,5-8,13H2,1-4H3. The van der Waals surface area contributed by atoms with E-state index in [4.69, 9.17) is 5.73 Å². The van der Waals surface area contributed by atoms with Crippen LogP contribution in [0.1, 0.15) is 53.4 Å². The van der Waals surface area contributed by atoms with Gasteiger partial charge >= 0.3 is 0 Å². The summed E-state index contributed by atoms with van der Waals surface area (Å²) in [6, 6.07) is 0. The first kappa shape index (κ1) is 12.0. The molecule has 0 aromatic rings. The highest BCUT2D eigenvalue weighted by atomic mass is 16.3. The average molecular weight is 199 g/mol. The zero-order chi connectivity index (χ0) is 11.0. The Labute approximate surface area is 87.9 Å². The van der Waals surface area contributed by atoms with Gasteiger partial charge in [0.25, 0.3) is 0 Å². The smallest absolute Gasteiger partial charge is 0.0742 e. The fraction of sp³-hybridized carbons (Fsp3) is 1.00. The molecule has 1 unspecified atom stereocenters. The zero-order valence-electron chi connectivity index (χ0n) is 10.0. The number of aliphatic hydroxyl groups is 1. The minimum Gasteiger partial charge on any atom is -0.391 e. The van der Waals surface area contributed by atoms with Crippen molar-refractivity contribution >= 4 is 0 Å². The summed E-state index contributed by atoms with van der Waals surface area (Å²) < 4.78 is 0. The van der Waals surface area contributed by atoms with E-state index in [1.54, 1.807) is 0 Å². The predicted molar refractivity (Wildman–Crippen MR) is 60.0 cm³/mol. The number of aliphatic hydroxyl groups excluding tert-OH is 1. The molecule has 1 rings (SSSR count). The van der Waals surface area contributed by atoms with Crippen LogP contribution in [0.3, 0.4) is 0 Å². The maximum absolute atomic E-state index is 10.1. The highest BCUT2D eigenvalue weighted by Crippen LogP contribution is 2.40. The molecule has 0 amide bonds. The SMILES string of the molecule is CC1(C)CCC(C(O)C(C)(C)N)CC1. The van der Waals surface area contributed by atoms with Crippen LogP contribution >= 0.6 is 0 Å². The zero-order valence-corrected chi connectivity index (χ0v) is 10.0. The maximum atomic E-state index is 10.1. The normalized spacial score (nSPS) is 26.1. The quantitative estimate of drug-likeness (QED) is 0.717. The van der Waals surface area contributed by atoms with Crippen LogP contribution in [0.4, 0.5) is 0 Å². The average Bonchev–Trinajstić information content (AvgIpc) is 2.01. The lowest BCUT2D eigenvalue weighted by Crippen LogP contribution is -2.50. The second-order valence-corrected chi connectivity index (χ2v) is 6.27. The van der Waals surface area contributed by atoms with Crippen LogP contribution in [-0.2, 0) is 0 Å². The van der Waals surface area contributed by atoms with Crippen LogP contribution in [0.2, 0.25) is 0 Å². The van der Waals surface area contributed by atoms with Crippen molar-refractivity contribution in [3.8, 4) is 0 Å². The van der Waals surface area contributed by atoms with Crippen LogP contribution in [0.15, 0.2) is 0 Å². The summed E-state index contributed by atoms with van der Waals surface area (Å²) in [6.07, 6.45) is 4.32. The molecule has 1 aliphatic carbocycles. The van der Waals surface area contributed by atoms with Crippen molar-refractivity contribution in [1.82, 2.24) is 0 Å². The third-order valence-electron chi connectivity index (χ3n) is 3.59. The molecule has 2 nitrogen and oxygen atoms in total. The predicted octanol–water partition coefficient (Wildman–Crippen LogP) is 2.30. The van der Waals surface area contributed by atoms with Crippen molar-refractivity contribution < 1.29 is 5.11 Å². The van der Waals surface area contributed by atoms with Gasteiger partial charge in [0.15, 0.2) is 0 Å². The van der Waals surface area contributed by atoms with Crippen molar-refractivity contribution in [1.29, 1.82) is 0 Å². The van der Waals surface area contributed by atoms with E-state index < -0.39 is 5.54 Å². The first-order chi connectivity index (χ1) is 6.22. The Kier molecular flexibility index (Phi) is 3.27. The monoisotopic (exact) mass is 199 g/mol. The van der Waals surface area contributed by atoms with Gasteiger partial charge in [0, 0.05) is 5.54 Å². The first-order valence-electron chi connectivity index (χ1n) is 5.69. The second kappa shape index (κ2) is 3.82. The molecule has 0 aromatic heterocycles. The molecule has 0 radical (unpaired) electrons. The molecule has 0 bridgehead atoms. The van der Waals surface area contributed by atoms with Gasteiger partial charge in [-0.25, -0.2) is 0 Å². The highest BCUT2D eigenvalue weighted by Gasteiger charge is 2.35. The van der Waals surface area contributed by atoms with E-state index in [2.05, 4.69) is 13.8 Å². The van der Waals surface area contributed by atoms with E-state index in [0.29, 0.717) is 11.3 Å². The van der Waals surface area contributed by atoms with Gasteiger partial charge in [0.1, 0.15) is 0 Å². The van der Waals surface area contributed by atoms with Gasteiger partial charge in [0.05, 0.1) is 6.10 Å². The summed E-state index contributed by atoms with van der Waals surface area (Å²) in [6.45, 7) is 8.45. The van der Waals surface area contributed by atoms with Crippen LogP contribution in [0.25, 0.3) is 0 Å². The molecule has 1 fully saturated rings. The summed E-state index contributed by atoms with van der Waals surface area (Å²) in [7, 11) is 0. The Morgan fingerprint density at radius 2 is 1.71 bits per heavy atom. The van der Waals surface area contributed by atoms with Crippen molar-refractivity contribution in [2.24, 2.45) is 17.1 Å². The molecular weight excluding hydrogens is 174 g/mol. The van der Waals surface area contributed by atoms with Gasteiger partial charge in [-0.1, -0.05) is 13.8 Å². The molecular formula is C12H25NO. The molecule has 0 spiro atoms. The Morgan fingerprint density at radius 1 is 1.29 bits per heavy atom. The lowest BCUT2D eigenvalue weighted by molar-refractivity contribution is 0.0134.